The Kier molecular flexibility index (Phi) is 5.81. The zero-order valence-electron chi connectivity index (χ0n) is 13.2. The van der Waals surface area contributed by atoms with Gasteiger partial charge in [0.05, 0.1) is 12.8 Å². The molecule has 1 aromatic heterocycles. The third kappa shape index (κ3) is 4.90. The number of hydrogen-bond acceptors (Lipinski definition) is 3. The van der Waals surface area contributed by atoms with Crippen LogP contribution < -0.4 is 10.1 Å². The lowest BCUT2D eigenvalue weighted by Crippen LogP contribution is -2.22. The lowest BCUT2D eigenvalue weighted by atomic mass is 10.2. The maximum atomic E-state index is 5.70. The number of nitrogens with zero attached hydrogens (tertiary/aromatic N) is 2. The van der Waals surface area contributed by atoms with Crippen molar-refractivity contribution >= 4 is 0 Å². The number of ether oxygens (including phenoxy) is 1. The Balaban J connectivity index is 1.76. The lowest BCUT2D eigenvalue weighted by molar-refractivity contribution is 0.298. The van der Waals surface area contributed by atoms with Gasteiger partial charge in [-0.15, -0.1) is 0 Å². The summed E-state index contributed by atoms with van der Waals surface area (Å²) in [4.78, 5) is 0. The van der Waals surface area contributed by atoms with E-state index < -0.39 is 0 Å². The first kappa shape index (κ1) is 15.6. The molecule has 0 saturated heterocycles. The van der Waals surface area contributed by atoms with Crippen LogP contribution in [0.2, 0.25) is 0 Å². The molecule has 0 fully saturated rings. The molecule has 2 rings (SSSR count). The first-order valence-electron chi connectivity index (χ1n) is 7.59. The van der Waals surface area contributed by atoms with Gasteiger partial charge in [0.2, 0.25) is 0 Å². The second-order valence-corrected chi connectivity index (χ2v) is 5.53. The molecule has 2 aromatic rings. The minimum absolute atomic E-state index is 0.493. The first-order valence-corrected chi connectivity index (χ1v) is 7.59. The Morgan fingerprint density at radius 1 is 1.24 bits per heavy atom. The summed E-state index contributed by atoms with van der Waals surface area (Å²) in [6.45, 7) is 8.91. The van der Waals surface area contributed by atoms with E-state index in [1.807, 2.05) is 36.5 Å². The van der Waals surface area contributed by atoms with Crippen molar-refractivity contribution in [1.29, 1.82) is 0 Å². The van der Waals surface area contributed by atoms with Crippen LogP contribution in [-0.2, 0) is 13.1 Å². The number of aryl methyl sites for hydroxylation is 1. The average molecular weight is 287 g/mol. The monoisotopic (exact) mass is 287 g/mol. The quantitative estimate of drug-likeness (QED) is 0.758. The van der Waals surface area contributed by atoms with E-state index in [4.69, 9.17) is 4.74 Å². The van der Waals surface area contributed by atoms with Gasteiger partial charge in [-0.3, -0.25) is 4.68 Å². The highest BCUT2D eigenvalue weighted by Gasteiger charge is 2.06. The van der Waals surface area contributed by atoms with Gasteiger partial charge in [-0.05, 0) is 19.1 Å². The third-order valence-electron chi connectivity index (χ3n) is 3.43. The van der Waals surface area contributed by atoms with E-state index in [1.165, 1.54) is 11.3 Å². The Hall–Kier alpha value is -1.81. The normalized spacial score (nSPS) is 11.0. The smallest absolute Gasteiger partial charge is 0.119 e. The highest BCUT2D eigenvalue weighted by molar-refractivity contribution is 5.20. The van der Waals surface area contributed by atoms with Gasteiger partial charge in [0, 0.05) is 36.8 Å². The number of para-hydroxylation sites is 1. The summed E-state index contributed by atoms with van der Waals surface area (Å²) in [7, 11) is 0. The van der Waals surface area contributed by atoms with E-state index in [2.05, 4.69) is 35.9 Å². The Bertz CT molecular complexity index is 534. The van der Waals surface area contributed by atoms with Crippen molar-refractivity contribution in [3.05, 3.63) is 47.8 Å². The summed E-state index contributed by atoms with van der Waals surface area (Å²) in [6.07, 6.45) is 2.91. The molecule has 4 heteroatoms. The van der Waals surface area contributed by atoms with E-state index in [9.17, 15) is 0 Å². The van der Waals surface area contributed by atoms with Crippen LogP contribution in [0.15, 0.2) is 36.5 Å². The molecule has 0 unspecified atom stereocenters. The van der Waals surface area contributed by atoms with Gasteiger partial charge < -0.3 is 10.1 Å². The fraction of sp³-hybridized carbons (Fsp3) is 0.471. The molecule has 0 spiro atoms. The molecule has 0 aliphatic carbocycles. The molecule has 0 atom stereocenters. The largest absolute Gasteiger partial charge is 0.494 e. The molecule has 0 amide bonds. The van der Waals surface area contributed by atoms with E-state index in [0.29, 0.717) is 12.6 Å². The topological polar surface area (TPSA) is 39.1 Å². The Labute approximate surface area is 127 Å². The second kappa shape index (κ2) is 7.84. The zero-order chi connectivity index (χ0) is 15.1. The summed E-state index contributed by atoms with van der Waals surface area (Å²) in [5, 5.41) is 7.89. The number of aromatic nitrogens is 2. The summed E-state index contributed by atoms with van der Waals surface area (Å²) in [5.74, 6) is 0.927. The van der Waals surface area contributed by atoms with E-state index in [-0.39, 0.29) is 0 Å². The van der Waals surface area contributed by atoms with Crippen LogP contribution in [0.3, 0.4) is 0 Å². The molecule has 1 aromatic carbocycles. The predicted molar refractivity (Wildman–Crippen MR) is 85.5 cm³/mol. The molecule has 4 nitrogen and oxygen atoms in total. The van der Waals surface area contributed by atoms with Crippen molar-refractivity contribution in [2.75, 3.05) is 6.61 Å². The molecule has 0 aliphatic rings. The summed E-state index contributed by atoms with van der Waals surface area (Å²) in [5.41, 5.74) is 2.51. The van der Waals surface area contributed by atoms with E-state index in [0.717, 1.165) is 25.3 Å². The van der Waals surface area contributed by atoms with Crippen LogP contribution in [0, 0.1) is 6.92 Å². The molecular formula is C17H25N3O. The molecule has 0 radical (unpaired) electrons. The fourth-order valence-corrected chi connectivity index (χ4v) is 2.12. The standard InChI is InChI=1S/C17H25N3O/c1-14(2)18-12-16-13-19-20(15(16)3)10-7-11-21-17-8-5-4-6-9-17/h4-6,8-9,13-14,18H,7,10-12H2,1-3H3. The minimum Gasteiger partial charge on any atom is -0.494 e. The Morgan fingerprint density at radius 2 is 2.00 bits per heavy atom. The first-order chi connectivity index (χ1) is 10.2. The van der Waals surface area contributed by atoms with Crippen LogP contribution in [0.4, 0.5) is 0 Å². The van der Waals surface area contributed by atoms with Gasteiger partial charge >= 0.3 is 0 Å². The number of rotatable bonds is 8. The maximum absolute atomic E-state index is 5.70. The van der Waals surface area contributed by atoms with Gasteiger partial charge in [-0.2, -0.15) is 5.10 Å². The van der Waals surface area contributed by atoms with Crippen LogP contribution >= 0.6 is 0 Å². The highest BCUT2D eigenvalue weighted by atomic mass is 16.5. The van der Waals surface area contributed by atoms with Crippen LogP contribution in [0.25, 0.3) is 0 Å². The van der Waals surface area contributed by atoms with E-state index in [1.54, 1.807) is 0 Å². The van der Waals surface area contributed by atoms with Crippen LogP contribution in [0.5, 0.6) is 5.75 Å². The molecule has 114 valence electrons. The van der Waals surface area contributed by atoms with Gasteiger partial charge in [0.15, 0.2) is 0 Å². The summed E-state index contributed by atoms with van der Waals surface area (Å²) < 4.78 is 7.76. The van der Waals surface area contributed by atoms with Crippen LogP contribution in [-0.4, -0.2) is 22.4 Å². The average Bonchev–Trinajstić information content (AvgIpc) is 2.83. The fourth-order valence-electron chi connectivity index (χ4n) is 2.12. The van der Waals surface area contributed by atoms with Crippen molar-refractivity contribution in [2.45, 2.75) is 46.3 Å². The van der Waals surface area contributed by atoms with Gasteiger partial charge in [0.1, 0.15) is 5.75 Å². The van der Waals surface area contributed by atoms with Crippen molar-refractivity contribution in [3.63, 3.8) is 0 Å². The van der Waals surface area contributed by atoms with Crippen molar-refractivity contribution in [2.24, 2.45) is 0 Å². The molecule has 21 heavy (non-hydrogen) atoms. The van der Waals surface area contributed by atoms with Gasteiger partial charge in [0.25, 0.3) is 0 Å². The van der Waals surface area contributed by atoms with E-state index >= 15 is 0 Å². The van der Waals surface area contributed by atoms with Crippen LogP contribution in [0.1, 0.15) is 31.5 Å². The molecule has 0 bridgehead atoms. The summed E-state index contributed by atoms with van der Waals surface area (Å²) >= 11 is 0. The second-order valence-electron chi connectivity index (χ2n) is 5.53. The molecule has 0 saturated carbocycles. The SMILES string of the molecule is Cc1c(CNC(C)C)cnn1CCCOc1ccccc1. The molecule has 0 aliphatic heterocycles. The maximum Gasteiger partial charge on any atom is 0.119 e. The minimum atomic E-state index is 0.493. The number of benzene rings is 1. The third-order valence-corrected chi connectivity index (χ3v) is 3.43. The predicted octanol–water partition coefficient (Wildman–Crippen LogP) is 3.16. The van der Waals surface area contributed by atoms with Crippen molar-refractivity contribution in [1.82, 2.24) is 15.1 Å². The highest BCUT2D eigenvalue weighted by Crippen LogP contribution is 2.10. The number of hydrogen-bond donors (Lipinski definition) is 1. The molecule has 1 N–H and O–H groups in total. The van der Waals surface area contributed by atoms with Crippen molar-refractivity contribution in [3.8, 4) is 5.75 Å². The number of nitrogens with one attached hydrogen (secondary N) is 1. The van der Waals surface area contributed by atoms with Gasteiger partial charge in [-0.1, -0.05) is 32.0 Å². The van der Waals surface area contributed by atoms with Gasteiger partial charge in [-0.25, -0.2) is 0 Å². The summed E-state index contributed by atoms with van der Waals surface area (Å²) in [6, 6.07) is 10.4. The van der Waals surface area contributed by atoms with Crippen molar-refractivity contribution < 1.29 is 4.74 Å². The molecular weight excluding hydrogens is 262 g/mol. The molecule has 1 heterocycles. The Morgan fingerprint density at radius 3 is 2.71 bits per heavy atom. The zero-order valence-corrected chi connectivity index (χ0v) is 13.2. The lowest BCUT2D eigenvalue weighted by Gasteiger charge is -2.09.